The highest BCUT2D eigenvalue weighted by Gasteiger charge is 2.20. The van der Waals surface area contributed by atoms with Crippen molar-refractivity contribution in [2.75, 3.05) is 13.1 Å². The first kappa shape index (κ1) is 18.5. The van der Waals surface area contributed by atoms with Crippen LogP contribution in [0.25, 0.3) is 0 Å². The number of nitrogens with one attached hydrogen (secondary N) is 1. The van der Waals surface area contributed by atoms with Crippen molar-refractivity contribution in [3.63, 3.8) is 0 Å². The molecule has 0 saturated carbocycles. The lowest BCUT2D eigenvalue weighted by molar-refractivity contribution is -0.131. The molecule has 1 aliphatic rings. The minimum Gasteiger partial charge on any atom is -0.338 e. The first-order valence-corrected chi connectivity index (χ1v) is 8.68. The second kappa shape index (κ2) is 9.45. The van der Waals surface area contributed by atoms with Crippen molar-refractivity contribution < 1.29 is 9.63 Å². The molecule has 0 radical (unpaired) electrons. The monoisotopic (exact) mass is 331 g/mol. The third kappa shape index (κ3) is 6.34. The fourth-order valence-electron chi connectivity index (χ4n) is 2.82. The second-order valence-electron chi connectivity index (χ2n) is 6.79. The molecule has 24 heavy (non-hydrogen) atoms. The number of nitrogens with zero attached hydrogens (tertiary/aromatic N) is 1. The van der Waals surface area contributed by atoms with Gasteiger partial charge in [-0.05, 0) is 24.0 Å². The predicted molar refractivity (Wildman–Crippen MR) is 95.7 cm³/mol. The zero-order valence-corrected chi connectivity index (χ0v) is 14.7. The Labute approximate surface area is 144 Å². The number of benzene rings is 1. The van der Waals surface area contributed by atoms with E-state index in [1.807, 2.05) is 41.3 Å². The van der Waals surface area contributed by atoms with Crippen LogP contribution in [0.4, 0.5) is 0 Å². The summed E-state index contributed by atoms with van der Waals surface area (Å²) in [6, 6.07) is 9.97. The Bertz CT molecular complexity index is 543. The maximum atomic E-state index is 12.3. The number of hydrogen-bond donors (Lipinski definition) is 2. The van der Waals surface area contributed by atoms with E-state index >= 15 is 0 Å². The van der Waals surface area contributed by atoms with Gasteiger partial charge in [0, 0.05) is 37.7 Å². The van der Waals surface area contributed by atoms with Crippen LogP contribution in [0.1, 0.15) is 38.7 Å². The van der Waals surface area contributed by atoms with E-state index in [1.54, 1.807) is 0 Å². The Morgan fingerprint density at radius 3 is 2.71 bits per heavy atom. The summed E-state index contributed by atoms with van der Waals surface area (Å²) in [5.41, 5.74) is 11.2. The molecule has 0 bridgehead atoms. The molecular formula is C19H29N3O2. The number of hydrogen-bond acceptors (Lipinski definition) is 4. The van der Waals surface area contributed by atoms with Gasteiger partial charge in [0.05, 0.1) is 6.61 Å². The summed E-state index contributed by atoms with van der Waals surface area (Å²) in [6.45, 7) is 6.10. The number of carbonyl (C=O) groups excluding carboxylic acids is 1. The molecule has 0 unspecified atom stereocenters. The zero-order valence-electron chi connectivity index (χ0n) is 14.7. The van der Waals surface area contributed by atoms with Crippen molar-refractivity contribution in [1.82, 2.24) is 10.4 Å². The summed E-state index contributed by atoms with van der Waals surface area (Å²) < 4.78 is 0. The van der Waals surface area contributed by atoms with Gasteiger partial charge < -0.3 is 10.6 Å². The average molecular weight is 331 g/mol. The van der Waals surface area contributed by atoms with Crippen LogP contribution in [0, 0.1) is 5.92 Å². The normalized spacial score (nSPS) is 16.0. The number of nitrogens with two attached hydrogens (primary N) is 1. The molecule has 0 spiro atoms. The molecule has 1 atom stereocenters. The number of hydroxylamine groups is 1. The second-order valence-corrected chi connectivity index (χ2v) is 6.79. The van der Waals surface area contributed by atoms with E-state index in [9.17, 15) is 4.79 Å². The van der Waals surface area contributed by atoms with Gasteiger partial charge in [-0.25, -0.2) is 0 Å². The molecule has 5 nitrogen and oxygen atoms in total. The number of carbonyl (C=O) groups is 1. The molecule has 1 amide bonds. The molecule has 1 heterocycles. The van der Waals surface area contributed by atoms with Crippen molar-refractivity contribution in [2.45, 2.75) is 45.8 Å². The van der Waals surface area contributed by atoms with Crippen molar-refractivity contribution in [2.24, 2.45) is 11.7 Å². The molecule has 5 heteroatoms. The summed E-state index contributed by atoms with van der Waals surface area (Å²) >= 11 is 0. The van der Waals surface area contributed by atoms with E-state index < -0.39 is 0 Å². The lowest BCUT2D eigenvalue weighted by atomic mass is 10.0. The van der Waals surface area contributed by atoms with Gasteiger partial charge in [0.15, 0.2) is 0 Å². The Morgan fingerprint density at radius 1 is 1.33 bits per heavy atom. The molecule has 1 aliphatic heterocycles. The fraction of sp³-hybridized carbons (Fsp3) is 0.526. The smallest absolute Gasteiger partial charge is 0.224 e. The number of rotatable bonds is 8. The van der Waals surface area contributed by atoms with E-state index in [4.69, 9.17) is 10.6 Å². The van der Waals surface area contributed by atoms with Crippen LogP contribution in [0.15, 0.2) is 42.1 Å². The van der Waals surface area contributed by atoms with Gasteiger partial charge >= 0.3 is 0 Å². The van der Waals surface area contributed by atoms with Gasteiger partial charge in [-0.2, -0.15) is 0 Å². The van der Waals surface area contributed by atoms with Gasteiger partial charge in [0.1, 0.15) is 0 Å². The molecule has 0 aliphatic carbocycles. The Morgan fingerprint density at radius 2 is 2.08 bits per heavy atom. The molecule has 3 N–H and O–H groups in total. The summed E-state index contributed by atoms with van der Waals surface area (Å²) in [6.07, 6.45) is 4.11. The summed E-state index contributed by atoms with van der Waals surface area (Å²) in [7, 11) is 0. The van der Waals surface area contributed by atoms with Gasteiger partial charge in [0.25, 0.3) is 0 Å². The first-order chi connectivity index (χ1) is 11.5. The molecule has 0 aromatic heterocycles. The lowest BCUT2D eigenvalue weighted by Gasteiger charge is -2.28. The zero-order chi connectivity index (χ0) is 17.4. The van der Waals surface area contributed by atoms with Crippen LogP contribution in [0.5, 0.6) is 0 Å². The average Bonchev–Trinajstić information content (AvgIpc) is 2.55. The van der Waals surface area contributed by atoms with E-state index in [1.165, 1.54) is 0 Å². The summed E-state index contributed by atoms with van der Waals surface area (Å²) in [5.74, 6) is 0.662. The van der Waals surface area contributed by atoms with E-state index in [-0.39, 0.29) is 11.9 Å². The number of amides is 1. The largest absolute Gasteiger partial charge is 0.338 e. The van der Waals surface area contributed by atoms with Gasteiger partial charge in [-0.1, -0.05) is 44.2 Å². The SMILES string of the molecule is CC(C)C[C@H](N)CC(=O)N1CC=C(NOCc2ccccc2)CC1. The van der Waals surface area contributed by atoms with Crippen LogP contribution in [0.2, 0.25) is 0 Å². The maximum Gasteiger partial charge on any atom is 0.224 e. The highest BCUT2D eigenvalue weighted by atomic mass is 16.6. The quantitative estimate of drug-likeness (QED) is 0.719. The van der Waals surface area contributed by atoms with Crippen molar-refractivity contribution >= 4 is 5.91 Å². The van der Waals surface area contributed by atoms with Crippen LogP contribution < -0.4 is 11.2 Å². The molecule has 1 aromatic carbocycles. The Hall–Kier alpha value is -1.85. The van der Waals surface area contributed by atoms with Crippen LogP contribution >= 0.6 is 0 Å². The maximum absolute atomic E-state index is 12.3. The van der Waals surface area contributed by atoms with Crippen molar-refractivity contribution in [3.05, 3.63) is 47.7 Å². The van der Waals surface area contributed by atoms with Gasteiger partial charge in [-0.15, -0.1) is 0 Å². The highest BCUT2D eigenvalue weighted by Crippen LogP contribution is 2.13. The van der Waals surface area contributed by atoms with E-state index in [0.29, 0.717) is 32.0 Å². The first-order valence-electron chi connectivity index (χ1n) is 8.68. The predicted octanol–water partition coefficient (Wildman–Crippen LogP) is 2.59. The minimum atomic E-state index is -0.0461. The molecule has 0 fully saturated rings. The summed E-state index contributed by atoms with van der Waals surface area (Å²) in [4.78, 5) is 19.6. The van der Waals surface area contributed by atoms with E-state index in [0.717, 1.165) is 24.1 Å². The third-order valence-electron chi connectivity index (χ3n) is 4.06. The van der Waals surface area contributed by atoms with Crippen molar-refractivity contribution in [1.29, 1.82) is 0 Å². The minimum absolute atomic E-state index is 0.0461. The molecule has 0 saturated heterocycles. The van der Waals surface area contributed by atoms with Crippen LogP contribution in [0.3, 0.4) is 0 Å². The highest BCUT2D eigenvalue weighted by molar-refractivity contribution is 5.77. The Balaban J connectivity index is 1.70. The topological polar surface area (TPSA) is 67.6 Å². The molecule has 132 valence electrons. The van der Waals surface area contributed by atoms with Gasteiger partial charge in [-0.3, -0.25) is 15.1 Å². The third-order valence-corrected chi connectivity index (χ3v) is 4.06. The molecular weight excluding hydrogens is 302 g/mol. The standard InChI is InChI=1S/C19H29N3O2/c1-15(2)12-17(20)13-19(23)22-10-8-18(9-11-22)21-24-14-16-6-4-3-5-7-16/h3-8,15,17,21H,9-14,20H2,1-2H3/t17-/m0/s1. The van der Waals surface area contributed by atoms with Crippen LogP contribution in [-0.4, -0.2) is 29.9 Å². The fourth-order valence-corrected chi connectivity index (χ4v) is 2.82. The molecule has 2 rings (SSSR count). The molecule has 1 aromatic rings. The Kier molecular flexibility index (Phi) is 7.28. The van der Waals surface area contributed by atoms with Crippen LogP contribution in [-0.2, 0) is 16.2 Å². The van der Waals surface area contributed by atoms with E-state index in [2.05, 4.69) is 19.3 Å². The summed E-state index contributed by atoms with van der Waals surface area (Å²) in [5, 5.41) is 0. The van der Waals surface area contributed by atoms with Crippen molar-refractivity contribution in [3.8, 4) is 0 Å². The van der Waals surface area contributed by atoms with Gasteiger partial charge in [0.2, 0.25) is 5.91 Å². The lowest BCUT2D eigenvalue weighted by Crippen LogP contribution is -2.40.